The van der Waals surface area contributed by atoms with Crippen LogP contribution in [0.15, 0.2) is 81.2 Å². The van der Waals surface area contributed by atoms with E-state index in [1.165, 1.54) is 44.5 Å². The van der Waals surface area contributed by atoms with Gasteiger partial charge in [-0.25, -0.2) is 13.8 Å². The van der Waals surface area contributed by atoms with E-state index in [-0.39, 0.29) is 16.5 Å². The number of ether oxygens (including phenoxy) is 1. The quantitative estimate of drug-likeness (QED) is 0.269. The van der Waals surface area contributed by atoms with Crippen LogP contribution in [0.3, 0.4) is 0 Å². The Bertz CT molecular complexity index is 1430. The van der Waals surface area contributed by atoms with Gasteiger partial charge in [0.05, 0.1) is 29.6 Å². The summed E-state index contributed by atoms with van der Waals surface area (Å²) in [6.07, 6.45) is 1.47. The van der Waals surface area contributed by atoms with Gasteiger partial charge >= 0.3 is 0 Å². The standard InChI is InChI=1S/C26H28BrN5O5S/c1-18(33)29-20-6-12-23(13-7-20)38(35,36)32(21-8-10-22(37-4)11-9-21)17-26(34)30-28-16-19-5-14-25(31(2)3)24(27)15-19/h5-16H,17H2,1-4H3,(H,29,33)(H,30,34)/b28-16+. The molecule has 0 bridgehead atoms. The molecule has 38 heavy (non-hydrogen) atoms. The summed E-state index contributed by atoms with van der Waals surface area (Å²) in [4.78, 5) is 26.0. The van der Waals surface area contributed by atoms with Crippen LogP contribution in [0, 0.1) is 0 Å². The Hall–Kier alpha value is -3.90. The number of carbonyl (C=O) groups excluding carboxylic acids is 2. The first-order chi connectivity index (χ1) is 18.0. The van der Waals surface area contributed by atoms with E-state index in [0.29, 0.717) is 11.4 Å². The molecule has 3 aromatic carbocycles. The molecule has 3 rings (SSSR count). The summed E-state index contributed by atoms with van der Waals surface area (Å²) in [5, 5.41) is 6.58. The largest absolute Gasteiger partial charge is 0.497 e. The Balaban J connectivity index is 1.83. The lowest BCUT2D eigenvalue weighted by Crippen LogP contribution is -2.39. The van der Waals surface area contributed by atoms with E-state index < -0.39 is 22.5 Å². The second kappa shape index (κ2) is 12.6. The average molecular weight is 603 g/mol. The van der Waals surface area contributed by atoms with Crippen LogP contribution in [-0.4, -0.2) is 54.2 Å². The van der Waals surface area contributed by atoms with Crippen molar-refractivity contribution in [3.05, 3.63) is 76.8 Å². The zero-order valence-corrected chi connectivity index (χ0v) is 23.7. The van der Waals surface area contributed by atoms with Crippen LogP contribution in [-0.2, 0) is 19.6 Å². The molecule has 0 saturated heterocycles. The number of carbonyl (C=O) groups is 2. The Morgan fingerprint density at radius 2 is 1.68 bits per heavy atom. The fourth-order valence-electron chi connectivity index (χ4n) is 3.41. The molecule has 0 aromatic heterocycles. The first-order valence-corrected chi connectivity index (χ1v) is 13.6. The summed E-state index contributed by atoms with van der Waals surface area (Å²) in [5.41, 5.74) is 4.82. The summed E-state index contributed by atoms with van der Waals surface area (Å²) in [6.45, 7) is 0.831. The summed E-state index contributed by atoms with van der Waals surface area (Å²) in [6, 6.07) is 17.6. The van der Waals surface area contributed by atoms with Crippen molar-refractivity contribution in [1.29, 1.82) is 0 Å². The molecule has 0 heterocycles. The molecule has 3 aromatic rings. The highest BCUT2D eigenvalue weighted by Crippen LogP contribution is 2.27. The second-order valence-corrected chi connectivity index (χ2v) is 11.0. The fraction of sp³-hybridized carbons (Fsp3) is 0.192. The van der Waals surface area contributed by atoms with Crippen molar-refractivity contribution in [3.63, 3.8) is 0 Å². The minimum Gasteiger partial charge on any atom is -0.497 e. The van der Waals surface area contributed by atoms with Crippen LogP contribution in [0.25, 0.3) is 0 Å². The number of benzene rings is 3. The molecule has 12 heteroatoms. The first-order valence-electron chi connectivity index (χ1n) is 11.3. The van der Waals surface area contributed by atoms with Gasteiger partial charge in [0.15, 0.2) is 0 Å². The van der Waals surface area contributed by atoms with Crippen molar-refractivity contribution in [2.75, 3.05) is 42.3 Å². The number of halogens is 1. The number of methoxy groups -OCH3 is 1. The lowest BCUT2D eigenvalue weighted by Gasteiger charge is -2.24. The Kier molecular flexibility index (Phi) is 9.48. The maximum atomic E-state index is 13.6. The van der Waals surface area contributed by atoms with Crippen molar-refractivity contribution in [3.8, 4) is 5.75 Å². The lowest BCUT2D eigenvalue weighted by atomic mass is 10.2. The molecule has 0 fully saturated rings. The Morgan fingerprint density at radius 1 is 1.03 bits per heavy atom. The van der Waals surface area contributed by atoms with Crippen LogP contribution < -0.4 is 24.7 Å². The number of amides is 2. The van der Waals surface area contributed by atoms with Crippen LogP contribution in [0.2, 0.25) is 0 Å². The summed E-state index contributed by atoms with van der Waals surface area (Å²) in [7, 11) is 1.19. The van der Waals surface area contributed by atoms with Gasteiger partial charge in [-0.1, -0.05) is 6.07 Å². The van der Waals surface area contributed by atoms with Gasteiger partial charge in [-0.15, -0.1) is 0 Å². The number of sulfonamides is 1. The number of rotatable bonds is 10. The van der Waals surface area contributed by atoms with Gasteiger partial charge in [-0.3, -0.25) is 13.9 Å². The number of hydrogen-bond acceptors (Lipinski definition) is 7. The number of hydrogen-bond donors (Lipinski definition) is 2. The van der Waals surface area contributed by atoms with E-state index in [1.54, 1.807) is 24.3 Å². The first kappa shape index (κ1) is 28.7. The predicted molar refractivity (Wildman–Crippen MR) is 152 cm³/mol. The summed E-state index contributed by atoms with van der Waals surface area (Å²) in [5.74, 6) is -0.385. The van der Waals surface area contributed by atoms with Gasteiger partial charge in [0.1, 0.15) is 12.3 Å². The van der Waals surface area contributed by atoms with Crippen LogP contribution >= 0.6 is 15.9 Å². The normalized spacial score (nSPS) is 11.2. The van der Waals surface area contributed by atoms with E-state index in [1.807, 2.05) is 37.2 Å². The van der Waals surface area contributed by atoms with Gasteiger partial charge in [0, 0.05) is 31.2 Å². The van der Waals surface area contributed by atoms with Crippen LogP contribution in [0.4, 0.5) is 17.1 Å². The molecule has 0 saturated carbocycles. The molecule has 0 aliphatic rings. The van der Waals surface area contributed by atoms with Crippen molar-refractivity contribution >= 4 is 61.0 Å². The molecule has 2 amide bonds. The molecule has 0 spiro atoms. The van der Waals surface area contributed by atoms with E-state index in [0.717, 1.165) is 20.0 Å². The number of hydrazone groups is 1. The van der Waals surface area contributed by atoms with Crippen LogP contribution in [0.1, 0.15) is 12.5 Å². The number of nitrogens with one attached hydrogen (secondary N) is 2. The fourth-order valence-corrected chi connectivity index (χ4v) is 5.59. The molecular formula is C26H28BrN5O5S. The lowest BCUT2D eigenvalue weighted by molar-refractivity contribution is -0.119. The van der Waals surface area contributed by atoms with Crippen LogP contribution in [0.5, 0.6) is 5.75 Å². The average Bonchev–Trinajstić information content (AvgIpc) is 2.87. The molecule has 0 radical (unpaired) electrons. The highest BCUT2D eigenvalue weighted by atomic mass is 79.9. The topological polar surface area (TPSA) is 120 Å². The van der Waals surface area contributed by atoms with Crippen molar-refractivity contribution in [2.45, 2.75) is 11.8 Å². The Morgan fingerprint density at radius 3 is 2.24 bits per heavy atom. The molecule has 0 unspecified atom stereocenters. The zero-order chi connectivity index (χ0) is 27.9. The Labute approximate surface area is 230 Å². The molecule has 10 nitrogen and oxygen atoms in total. The second-order valence-electron chi connectivity index (χ2n) is 8.31. The third kappa shape index (κ3) is 7.33. The maximum absolute atomic E-state index is 13.6. The zero-order valence-electron chi connectivity index (χ0n) is 21.3. The summed E-state index contributed by atoms with van der Waals surface area (Å²) < 4.78 is 34.1. The number of nitrogens with zero attached hydrogens (tertiary/aromatic N) is 3. The predicted octanol–water partition coefficient (Wildman–Crippen LogP) is 3.83. The third-order valence-electron chi connectivity index (χ3n) is 5.27. The molecule has 0 aliphatic heterocycles. The molecule has 200 valence electrons. The molecule has 2 N–H and O–H groups in total. The van der Waals surface area contributed by atoms with Gasteiger partial charge in [0.25, 0.3) is 15.9 Å². The molecule has 0 aliphatic carbocycles. The molecular weight excluding hydrogens is 574 g/mol. The minimum atomic E-state index is -4.15. The highest BCUT2D eigenvalue weighted by Gasteiger charge is 2.27. The van der Waals surface area contributed by atoms with Crippen molar-refractivity contribution < 1.29 is 22.7 Å². The van der Waals surface area contributed by atoms with E-state index in [9.17, 15) is 18.0 Å². The monoisotopic (exact) mass is 601 g/mol. The van der Waals surface area contributed by atoms with E-state index in [4.69, 9.17) is 4.74 Å². The highest BCUT2D eigenvalue weighted by molar-refractivity contribution is 9.10. The smallest absolute Gasteiger partial charge is 0.264 e. The van der Waals surface area contributed by atoms with Crippen molar-refractivity contribution in [1.82, 2.24) is 5.43 Å². The molecule has 0 atom stereocenters. The van der Waals surface area contributed by atoms with Gasteiger partial charge in [0.2, 0.25) is 5.91 Å². The SMILES string of the molecule is COc1ccc(N(CC(=O)N/N=C/c2ccc(N(C)C)c(Br)c2)S(=O)(=O)c2ccc(NC(C)=O)cc2)cc1. The van der Waals surface area contributed by atoms with Gasteiger partial charge < -0.3 is 15.0 Å². The maximum Gasteiger partial charge on any atom is 0.264 e. The van der Waals surface area contributed by atoms with Gasteiger partial charge in [-0.05, 0) is 82.2 Å². The minimum absolute atomic E-state index is 0.0513. The third-order valence-corrected chi connectivity index (χ3v) is 7.69. The summed E-state index contributed by atoms with van der Waals surface area (Å²) >= 11 is 3.50. The van der Waals surface area contributed by atoms with E-state index in [2.05, 4.69) is 31.8 Å². The van der Waals surface area contributed by atoms with Crippen molar-refractivity contribution in [2.24, 2.45) is 5.10 Å². The number of anilines is 3. The van der Waals surface area contributed by atoms with E-state index >= 15 is 0 Å². The van der Waals surface area contributed by atoms with Gasteiger partial charge in [-0.2, -0.15) is 5.10 Å².